The Morgan fingerprint density at radius 1 is 1.50 bits per heavy atom. The number of nitrogens with one attached hydrogen (secondary N) is 1. The third kappa shape index (κ3) is 2.62. The third-order valence-corrected chi connectivity index (χ3v) is 3.69. The minimum atomic E-state index is -0.455. The Morgan fingerprint density at radius 3 is 2.94 bits per heavy atom. The first-order valence-corrected chi connectivity index (χ1v) is 6.27. The van der Waals surface area contributed by atoms with Crippen molar-refractivity contribution < 1.29 is 4.39 Å². The highest BCUT2D eigenvalue weighted by Crippen LogP contribution is 2.23. The normalized spacial score (nSPS) is 24.6. The molecule has 3 nitrogen and oxygen atoms in total. The van der Waals surface area contributed by atoms with Gasteiger partial charge in [-0.3, -0.25) is 0 Å². The Hall–Kier alpha value is -1.60. The summed E-state index contributed by atoms with van der Waals surface area (Å²) in [6.45, 7) is 3.21. The lowest BCUT2D eigenvalue weighted by Gasteiger charge is -2.35. The molecule has 0 aromatic heterocycles. The van der Waals surface area contributed by atoms with Gasteiger partial charge >= 0.3 is 0 Å². The van der Waals surface area contributed by atoms with E-state index in [4.69, 9.17) is 5.26 Å². The van der Waals surface area contributed by atoms with Gasteiger partial charge in [0, 0.05) is 18.6 Å². The van der Waals surface area contributed by atoms with Crippen LogP contribution in [0, 0.1) is 17.1 Å². The van der Waals surface area contributed by atoms with Gasteiger partial charge in [0.25, 0.3) is 0 Å². The number of anilines is 1. The first-order valence-electron chi connectivity index (χ1n) is 6.27. The smallest absolute Gasteiger partial charge is 0.143 e. The summed E-state index contributed by atoms with van der Waals surface area (Å²) in [5, 5.41) is 12.3. The molecule has 2 rings (SSSR count). The molecule has 1 aromatic carbocycles. The molecule has 1 saturated heterocycles. The highest BCUT2D eigenvalue weighted by Gasteiger charge is 2.23. The summed E-state index contributed by atoms with van der Waals surface area (Å²) in [6, 6.07) is 7.47. The highest BCUT2D eigenvalue weighted by atomic mass is 19.1. The zero-order valence-electron chi connectivity index (χ0n) is 10.8. The van der Waals surface area contributed by atoms with Crippen LogP contribution in [0.2, 0.25) is 0 Å². The number of hydrogen-bond acceptors (Lipinski definition) is 3. The summed E-state index contributed by atoms with van der Waals surface area (Å²) in [5.74, 6) is -0.455. The number of halogens is 1. The molecule has 1 fully saturated rings. The van der Waals surface area contributed by atoms with Crippen LogP contribution in [-0.2, 0) is 0 Å². The zero-order valence-corrected chi connectivity index (χ0v) is 10.8. The Kier molecular flexibility index (Phi) is 3.83. The van der Waals surface area contributed by atoms with Crippen LogP contribution in [-0.4, -0.2) is 30.6 Å². The van der Waals surface area contributed by atoms with Crippen LogP contribution in [0.1, 0.15) is 25.3 Å². The van der Waals surface area contributed by atoms with Crippen molar-refractivity contribution in [2.45, 2.75) is 31.8 Å². The van der Waals surface area contributed by atoms with Crippen molar-refractivity contribution in [3.8, 4) is 6.07 Å². The predicted octanol–water partition coefficient (Wildman–Crippen LogP) is 2.59. The van der Waals surface area contributed by atoms with E-state index in [2.05, 4.69) is 24.2 Å². The van der Waals surface area contributed by atoms with Crippen molar-refractivity contribution in [2.24, 2.45) is 0 Å². The minimum absolute atomic E-state index is 0.115. The van der Waals surface area contributed by atoms with Gasteiger partial charge in [0.1, 0.15) is 17.4 Å². The van der Waals surface area contributed by atoms with Gasteiger partial charge in [0.2, 0.25) is 0 Å². The van der Waals surface area contributed by atoms with Gasteiger partial charge < -0.3 is 10.2 Å². The number of piperidine rings is 1. The van der Waals surface area contributed by atoms with Crippen molar-refractivity contribution >= 4 is 5.69 Å². The average Bonchev–Trinajstić information content (AvgIpc) is 2.34. The van der Waals surface area contributed by atoms with E-state index >= 15 is 0 Å². The SMILES string of the molecule is CC1CC(Nc2cccc(F)c2C#N)CCN1C. The average molecular weight is 247 g/mol. The fraction of sp³-hybridized carbons (Fsp3) is 0.500. The second-order valence-electron chi connectivity index (χ2n) is 4.97. The molecule has 1 aromatic rings. The van der Waals surface area contributed by atoms with Gasteiger partial charge in [-0.15, -0.1) is 0 Å². The Labute approximate surface area is 107 Å². The van der Waals surface area contributed by atoms with Crippen LogP contribution < -0.4 is 5.32 Å². The molecule has 0 saturated carbocycles. The molecule has 0 spiro atoms. The molecular formula is C14H18FN3. The van der Waals surface area contributed by atoms with Crippen molar-refractivity contribution in [1.29, 1.82) is 5.26 Å². The largest absolute Gasteiger partial charge is 0.381 e. The second-order valence-corrected chi connectivity index (χ2v) is 4.97. The molecule has 4 heteroatoms. The van der Waals surface area contributed by atoms with Gasteiger partial charge in [-0.25, -0.2) is 4.39 Å². The van der Waals surface area contributed by atoms with E-state index in [1.165, 1.54) is 6.07 Å². The molecule has 1 N–H and O–H groups in total. The maximum atomic E-state index is 13.5. The van der Waals surface area contributed by atoms with Gasteiger partial charge in [0.15, 0.2) is 0 Å². The molecule has 96 valence electrons. The molecule has 1 heterocycles. The first-order chi connectivity index (χ1) is 8.61. The standard InChI is InChI=1S/C14H18FN3/c1-10-8-11(6-7-18(10)2)17-14-5-3-4-13(15)12(14)9-16/h3-5,10-11,17H,6-8H2,1-2H3. The van der Waals surface area contributed by atoms with E-state index in [0.717, 1.165) is 19.4 Å². The maximum absolute atomic E-state index is 13.5. The number of nitrogens with zero attached hydrogens (tertiary/aromatic N) is 2. The number of nitriles is 1. The molecule has 18 heavy (non-hydrogen) atoms. The number of likely N-dealkylation sites (tertiary alicyclic amines) is 1. The van der Waals surface area contributed by atoms with Crippen LogP contribution in [0.5, 0.6) is 0 Å². The van der Waals surface area contributed by atoms with Crippen LogP contribution in [0.4, 0.5) is 10.1 Å². The van der Waals surface area contributed by atoms with E-state index in [-0.39, 0.29) is 5.56 Å². The van der Waals surface area contributed by atoms with Crippen molar-refractivity contribution in [3.05, 3.63) is 29.6 Å². The summed E-state index contributed by atoms with van der Waals surface area (Å²) in [6.07, 6.45) is 2.03. The molecule has 0 amide bonds. The van der Waals surface area contributed by atoms with Gasteiger partial charge in [-0.1, -0.05) is 6.07 Å². The summed E-state index contributed by atoms with van der Waals surface area (Å²) in [5.41, 5.74) is 0.725. The summed E-state index contributed by atoms with van der Waals surface area (Å²) >= 11 is 0. The topological polar surface area (TPSA) is 39.1 Å². The first kappa shape index (κ1) is 12.8. The van der Waals surface area contributed by atoms with E-state index in [0.29, 0.717) is 17.8 Å². The van der Waals surface area contributed by atoms with Gasteiger partial charge in [-0.2, -0.15) is 5.26 Å². The molecule has 2 unspecified atom stereocenters. The number of rotatable bonds is 2. The van der Waals surface area contributed by atoms with Crippen LogP contribution in [0.15, 0.2) is 18.2 Å². The highest BCUT2D eigenvalue weighted by molar-refractivity contribution is 5.58. The minimum Gasteiger partial charge on any atom is -0.381 e. The van der Waals surface area contributed by atoms with Crippen molar-refractivity contribution in [1.82, 2.24) is 4.90 Å². The lowest BCUT2D eigenvalue weighted by atomic mass is 9.98. The van der Waals surface area contributed by atoms with E-state index in [1.807, 2.05) is 6.07 Å². The van der Waals surface area contributed by atoms with E-state index in [9.17, 15) is 4.39 Å². The summed E-state index contributed by atoms with van der Waals surface area (Å²) in [4.78, 5) is 2.31. The third-order valence-electron chi connectivity index (χ3n) is 3.69. The summed E-state index contributed by atoms with van der Waals surface area (Å²) in [7, 11) is 2.11. The Morgan fingerprint density at radius 2 is 2.28 bits per heavy atom. The predicted molar refractivity (Wildman–Crippen MR) is 69.9 cm³/mol. The number of benzene rings is 1. The van der Waals surface area contributed by atoms with Crippen molar-refractivity contribution in [3.63, 3.8) is 0 Å². The molecular weight excluding hydrogens is 229 g/mol. The quantitative estimate of drug-likeness (QED) is 0.873. The maximum Gasteiger partial charge on any atom is 0.143 e. The fourth-order valence-corrected chi connectivity index (χ4v) is 2.40. The van der Waals surface area contributed by atoms with Gasteiger partial charge in [0.05, 0.1) is 5.69 Å². The van der Waals surface area contributed by atoms with Crippen LogP contribution in [0.3, 0.4) is 0 Å². The van der Waals surface area contributed by atoms with Crippen molar-refractivity contribution in [2.75, 3.05) is 18.9 Å². The molecule has 1 aliphatic rings. The number of hydrogen-bond donors (Lipinski definition) is 1. The monoisotopic (exact) mass is 247 g/mol. The lowest BCUT2D eigenvalue weighted by Crippen LogP contribution is -2.42. The lowest BCUT2D eigenvalue weighted by molar-refractivity contribution is 0.190. The van der Waals surface area contributed by atoms with Crippen LogP contribution >= 0.6 is 0 Å². The Bertz CT molecular complexity index is 467. The van der Waals surface area contributed by atoms with Gasteiger partial charge in [-0.05, 0) is 38.9 Å². The molecule has 2 atom stereocenters. The molecule has 1 aliphatic heterocycles. The van der Waals surface area contributed by atoms with Crippen LogP contribution in [0.25, 0.3) is 0 Å². The Balaban J connectivity index is 2.11. The zero-order chi connectivity index (χ0) is 13.1. The summed E-state index contributed by atoms with van der Waals surface area (Å²) < 4.78 is 13.5. The van der Waals surface area contributed by atoms with E-state index in [1.54, 1.807) is 12.1 Å². The second kappa shape index (κ2) is 5.36. The fourth-order valence-electron chi connectivity index (χ4n) is 2.40. The molecule has 0 radical (unpaired) electrons. The molecule has 0 bridgehead atoms. The molecule has 0 aliphatic carbocycles. The van der Waals surface area contributed by atoms with E-state index < -0.39 is 5.82 Å².